The van der Waals surface area contributed by atoms with Crippen LogP contribution >= 0.6 is 0 Å². The molecule has 174 valence electrons. The zero-order chi connectivity index (χ0) is 22.8. The molecule has 0 fully saturated rings. The van der Waals surface area contributed by atoms with Crippen molar-refractivity contribution in [1.82, 2.24) is 10.6 Å². The van der Waals surface area contributed by atoms with E-state index in [-0.39, 0.29) is 44.3 Å². The van der Waals surface area contributed by atoms with Crippen LogP contribution in [0.4, 0.5) is 4.39 Å². The Kier molecular flexibility index (Phi) is 10.5. The van der Waals surface area contributed by atoms with Crippen molar-refractivity contribution in [1.29, 1.82) is 0 Å². The van der Waals surface area contributed by atoms with Gasteiger partial charge in [-0.3, -0.25) is 9.59 Å². The highest BCUT2D eigenvalue weighted by Gasteiger charge is 2.22. The van der Waals surface area contributed by atoms with E-state index in [0.717, 1.165) is 11.1 Å². The van der Waals surface area contributed by atoms with Gasteiger partial charge in [0.15, 0.2) is 0 Å². The molecule has 0 aliphatic heterocycles. The van der Waals surface area contributed by atoms with E-state index in [1.54, 1.807) is 18.2 Å². The molecule has 0 radical (unpaired) electrons. The molecule has 7 heteroatoms. The summed E-state index contributed by atoms with van der Waals surface area (Å²) in [7, 11) is 0. The van der Waals surface area contributed by atoms with Crippen molar-refractivity contribution in [3.63, 3.8) is 0 Å². The number of nitrogens with one attached hydrogen (secondary N) is 2. The summed E-state index contributed by atoms with van der Waals surface area (Å²) < 4.78 is 13.9. The summed E-state index contributed by atoms with van der Waals surface area (Å²) in [6.45, 7) is 0.369. The summed E-state index contributed by atoms with van der Waals surface area (Å²) >= 11 is 0. The van der Waals surface area contributed by atoms with Crippen molar-refractivity contribution in [2.24, 2.45) is 5.73 Å². The van der Waals surface area contributed by atoms with E-state index < -0.39 is 12.1 Å². The largest absolute Gasteiger partial charge is 1.00 e. The molecule has 0 aliphatic rings. The lowest BCUT2D eigenvalue weighted by molar-refractivity contribution is -0.129. The lowest BCUT2D eigenvalue weighted by Crippen LogP contribution is -3.00. The first-order valence-corrected chi connectivity index (χ1v) is 10.6. The van der Waals surface area contributed by atoms with Gasteiger partial charge in [0.25, 0.3) is 0 Å². The van der Waals surface area contributed by atoms with Crippen molar-refractivity contribution >= 4 is 11.8 Å². The lowest BCUT2D eigenvalue weighted by atomic mass is 10.0. The number of halogens is 2. The fraction of sp³-hybridized carbons (Fsp3) is 0.231. The first kappa shape index (κ1) is 26.0. The lowest BCUT2D eigenvalue weighted by Gasteiger charge is -2.20. The zero-order valence-electron chi connectivity index (χ0n) is 19.2. The number of rotatable bonds is 10. The first-order chi connectivity index (χ1) is 15.5. The van der Waals surface area contributed by atoms with Crippen molar-refractivity contribution in [3.05, 3.63) is 107 Å². The van der Waals surface area contributed by atoms with Crippen LogP contribution in [0.3, 0.4) is 0 Å². The monoisotopic (exact) mass is 469 g/mol. The van der Waals surface area contributed by atoms with Crippen molar-refractivity contribution in [2.75, 3.05) is 0 Å². The van der Waals surface area contributed by atoms with Gasteiger partial charge in [-0.05, 0) is 29.2 Å². The normalized spacial score (nSPS) is 12.2. The zero-order valence-corrected chi connectivity index (χ0v) is 19.0. The molecule has 33 heavy (non-hydrogen) atoms. The van der Waals surface area contributed by atoms with E-state index >= 15 is 0 Å². The van der Waals surface area contributed by atoms with E-state index in [1.807, 2.05) is 60.7 Å². The van der Waals surface area contributed by atoms with Crippen LogP contribution in [0.25, 0.3) is 0 Å². The second kappa shape index (κ2) is 13.4. The van der Waals surface area contributed by atoms with Crippen molar-refractivity contribution < 1.29 is 27.8 Å². The average molecular weight is 470 g/mol. The molecule has 0 aromatic heterocycles. The van der Waals surface area contributed by atoms with Gasteiger partial charge in [0.2, 0.25) is 11.8 Å². The molecule has 4 N–H and O–H groups in total. The van der Waals surface area contributed by atoms with Gasteiger partial charge in [0, 0.05) is 25.4 Å². The smallest absolute Gasteiger partial charge is 1.00 e. The minimum atomic E-state index is -0.741. The standard InChI is InChI=1S/C26H28FN3O2.ClH/c27-23-14-8-7-13-21(23)16-22(28)17-25(31)30-24(15-19-9-3-1-4-10-19)26(32)29-18-20-11-5-2-6-12-20;/h1-14,22,24H,15-18,28H2,(H,29,32)(H,30,31);1H/t22-,24-;/m1./s1. The summed E-state index contributed by atoms with van der Waals surface area (Å²) in [5, 5.41) is 5.70. The minimum absolute atomic E-state index is 0. The van der Waals surface area contributed by atoms with Gasteiger partial charge in [0.05, 0.1) is 0 Å². The van der Waals surface area contributed by atoms with Crippen LogP contribution in [0.15, 0.2) is 84.9 Å². The number of benzene rings is 3. The van der Waals surface area contributed by atoms with Crippen molar-refractivity contribution in [2.45, 2.75) is 37.9 Å². The number of amides is 2. The van der Waals surface area contributed by atoms with E-state index in [4.69, 9.17) is 5.73 Å². The number of carbonyl (C=O) groups is 2. The Bertz CT molecular complexity index is 1020. The molecule has 0 heterocycles. The van der Waals surface area contributed by atoms with Crippen LogP contribution in [0.2, 0.25) is 0 Å². The molecule has 0 saturated carbocycles. The topological polar surface area (TPSA) is 84.2 Å². The first-order valence-electron chi connectivity index (χ1n) is 10.6. The summed E-state index contributed by atoms with van der Waals surface area (Å²) in [6, 6.07) is 24.1. The van der Waals surface area contributed by atoms with Gasteiger partial charge in [-0.2, -0.15) is 0 Å². The third-order valence-electron chi connectivity index (χ3n) is 5.13. The molecule has 2 atom stereocenters. The second-order valence-corrected chi connectivity index (χ2v) is 7.77. The number of hydrogen-bond acceptors (Lipinski definition) is 3. The minimum Gasteiger partial charge on any atom is -1.00 e. The Morgan fingerprint density at radius 3 is 2.06 bits per heavy atom. The SMILES string of the molecule is N[C@@H](CC(=O)N[C@H](Cc1ccccc1)C(=O)NCc1ccccc1)Cc1ccccc1F.[Cl-].[H+]. The molecule has 3 rings (SSSR count). The predicted molar refractivity (Wildman–Crippen MR) is 124 cm³/mol. The van der Waals surface area contributed by atoms with Crippen LogP contribution in [0, 0.1) is 5.82 Å². The van der Waals surface area contributed by atoms with E-state index in [0.29, 0.717) is 18.5 Å². The predicted octanol–water partition coefficient (Wildman–Crippen LogP) is 0.246. The van der Waals surface area contributed by atoms with Crippen molar-refractivity contribution in [3.8, 4) is 0 Å². The molecule has 3 aromatic carbocycles. The molecule has 2 amide bonds. The molecule has 5 nitrogen and oxygen atoms in total. The highest BCUT2D eigenvalue weighted by molar-refractivity contribution is 5.88. The molecule has 0 unspecified atom stereocenters. The Hall–Kier alpha value is -3.22. The van der Waals surface area contributed by atoms with Gasteiger partial charge in [-0.1, -0.05) is 78.9 Å². The Morgan fingerprint density at radius 2 is 1.42 bits per heavy atom. The van der Waals surface area contributed by atoms with Crippen LogP contribution in [-0.4, -0.2) is 23.9 Å². The summed E-state index contributed by atoms with van der Waals surface area (Å²) in [5.74, 6) is -0.955. The molecule has 0 bridgehead atoms. The van der Waals surface area contributed by atoms with E-state index in [1.165, 1.54) is 6.07 Å². The molecule has 0 spiro atoms. The summed E-state index contributed by atoms with van der Waals surface area (Å²) in [4.78, 5) is 25.5. The number of hydrogen-bond donors (Lipinski definition) is 3. The Morgan fingerprint density at radius 1 is 0.848 bits per heavy atom. The maximum absolute atomic E-state index is 13.9. The highest BCUT2D eigenvalue weighted by Crippen LogP contribution is 2.10. The van der Waals surface area contributed by atoms with Gasteiger partial charge >= 0.3 is 1.43 Å². The molecular weight excluding hydrogens is 441 g/mol. The quantitative estimate of drug-likeness (QED) is 0.398. The second-order valence-electron chi connectivity index (χ2n) is 7.77. The van der Waals surface area contributed by atoms with Gasteiger partial charge < -0.3 is 28.8 Å². The number of carbonyl (C=O) groups excluding carboxylic acids is 2. The van der Waals surface area contributed by atoms with Gasteiger partial charge in [0.1, 0.15) is 11.9 Å². The summed E-state index contributed by atoms with van der Waals surface area (Å²) in [5.41, 5.74) is 8.46. The Balaban J connectivity index is 0.00000289. The maximum atomic E-state index is 13.9. The molecular formula is C26H29ClFN3O2. The average Bonchev–Trinajstić information content (AvgIpc) is 2.80. The maximum Gasteiger partial charge on any atom is 1.00 e. The fourth-order valence-electron chi connectivity index (χ4n) is 3.48. The summed E-state index contributed by atoms with van der Waals surface area (Å²) in [6.07, 6.45) is 0.588. The van der Waals surface area contributed by atoms with Gasteiger partial charge in [-0.15, -0.1) is 0 Å². The number of nitrogens with two attached hydrogens (primary N) is 1. The van der Waals surface area contributed by atoms with E-state index in [9.17, 15) is 14.0 Å². The van der Waals surface area contributed by atoms with E-state index in [2.05, 4.69) is 10.6 Å². The molecule has 0 saturated heterocycles. The van der Waals surface area contributed by atoms with Gasteiger partial charge in [-0.25, -0.2) is 4.39 Å². The van der Waals surface area contributed by atoms with Crippen LogP contribution in [0.5, 0.6) is 0 Å². The highest BCUT2D eigenvalue weighted by atomic mass is 35.5. The van der Waals surface area contributed by atoms with Crippen LogP contribution < -0.4 is 28.8 Å². The third-order valence-corrected chi connectivity index (χ3v) is 5.13. The van der Waals surface area contributed by atoms with Crippen LogP contribution in [-0.2, 0) is 29.0 Å². The third kappa shape index (κ3) is 8.67. The molecule has 0 aliphatic carbocycles. The Labute approximate surface area is 201 Å². The molecule has 3 aromatic rings. The van der Waals surface area contributed by atoms with Crippen LogP contribution in [0.1, 0.15) is 24.5 Å². The fourth-order valence-corrected chi connectivity index (χ4v) is 3.48.